The highest BCUT2D eigenvalue weighted by Crippen LogP contribution is 2.13. The van der Waals surface area contributed by atoms with E-state index in [1.54, 1.807) is 0 Å². The quantitative estimate of drug-likeness (QED) is 0.606. The van der Waals surface area contributed by atoms with Crippen LogP contribution in [-0.2, 0) is 9.59 Å². The first-order valence-electron chi connectivity index (χ1n) is 4.96. The molecule has 1 saturated heterocycles. The van der Waals surface area contributed by atoms with Crippen LogP contribution in [0.3, 0.4) is 0 Å². The van der Waals surface area contributed by atoms with Gasteiger partial charge in [0.2, 0.25) is 5.91 Å². The fourth-order valence-electron chi connectivity index (χ4n) is 1.62. The zero-order valence-electron chi connectivity index (χ0n) is 8.38. The van der Waals surface area contributed by atoms with Crippen molar-refractivity contribution in [3.05, 3.63) is 0 Å². The molecule has 3 nitrogen and oxygen atoms in total. The summed E-state index contributed by atoms with van der Waals surface area (Å²) in [4.78, 5) is 24.5. The molecule has 1 rings (SSSR count). The molecule has 74 valence electrons. The zero-order chi connectivity index (χ0) is 9.84. The highest BCUT2D eigenvalue weighted by Gasteiger charge is 2.23. The number of carbonyl (C=O) groups is 2. The molecule has 0 radical (unpaired) electrons. The van der Waals surface area contributed by atoms with E-state index in [4.69, 9.17) is 0 Å². The van der Waals surface area contributed by atoms with Crippen LogP contribution in [0.1, 0.15) is 39.5 Å². The van der Waals surface area contributed by atoms with Gasteiger partial charge in [-0.25, -0.2) is 0 Å². The monoisotopic (exact) mass is 183 g/mol. The Balaban J connectivity index is 2.63. The summed E-state index contributed by atoms with van der Waals surface area (Å²) in [5.41, 5.74) is 0. The van der Waals surface area contributed by atoms with Crippen molar-refractivity contribution in [3.8, 4) is 0 Å². The van der Waals surface area contributed by atoms with Crippen LogP contribution in [0.4, 0.5) is 0 Å². The van der Waals surface area contributed by atoms with Crippen LogP contribution < -0.4 is 0 Å². The van der Waals surface area contributed by atoms with Gasteiger partial charge in [0.1, 0.15) is 5.78 Å². The highest BCUT2D eigenvalue weighted by molar-refractivity contribution is 5.98. The molecule has 1 heterocycles. The molecule has 0 N–H and O–H groups in total. The van der Waals surface area contributed by atoms with Gasteiger partial charge < -0.3 is 4.90 Å². The van der Waals surface area contributed by atoms with Crippen LogP contribution in [-0.4, -0.2) is 29.2 Å². The summed E-state index contributed by atoms with van der Waals surface area (Å²) < 4.78 is 0. The molecule has 1 amide bonds. The SMILES string of the molecule is CCC(C)N1CCCC(=O)CC1=O. The van der Waals surface area contributed by atoms with Crippen molar-refractivity contribution in [1.82, 2.24) is 4.90 Å². The lowest BCUT2D eigenvalue weighted by Gasteiger charge is -2.26. The Labute approximate surface area is 79.1 Å². The summed E-state index contributed by atoms with van der Waals surface area (Å²) in [5.74, 6) is 0.104. The third kappa shape index (κ3) is 2.54. The summed E-state index contributed by atoms with van der Waals surface area (Å²) in [5, 5.41) is 0. The van der Waals surface area contributed by atoms with Crippen molar-refractivity contribution in [1.29, 1.82) is 0 Å². The summed E-state index contributed by atoms with van der Waals surface area (Å²) >= 11 is 0. The van der Waals surface area contributed by atoms with Crippen LogP contribution in [0.5, 0.6) is 0 Å². The number of amides is 1. The van der Waals surface area contributed by atoms with Crippen LogP contribution in [0.25, 0.3) is 0 Å². The van der Waals surface area contributed by atoms with Crippen molar-refractivity contribution in [2.24, 2.45) is 0 Å². The third-order valence-corrected chi connectivity index (χ3v) is 2.65. The molecule has 13 heavy (non-hydrogen) atoms. The number of likely N-dealkylation sites (tertiary alicyclic amines) is 1. The van der Waals surface area contributed by atoms with Crippen LogP contribution in [0.2, 0.25) is 0 Å². The first-order chi connectivity index (χ1) is 6.15. The lowest BCUT2D eigenvalue weighted by molar-refractivity contribution is -0.135. The number of Topliss-reactive ketones (excluding diaryl/α,β-unsaturated/α-hetero) is 1. The minimum atomic E-state index is 0.0110. The normalized spacial score (nSPS) is 21.5. The van der Waals surface area contributed by atoms with Crippen molar-refractivity contribution in [2.75, 3.05) is 6.54 Å². The standard InChI is InChI=1S/C10H17NO2/c1-3-8(2)11-6-4-5-9(12)7-10(11)13/h8H,3-7H2,1-2H3. The molecule has 3 heteroatoms. The molecule has 1 atom stereocenters. The van der Waals surface area contributed by atoms with Crippen LogP contribution in [0, 0.1) is 0 Å². The zero-order valence-corrected chi connectivity index (χ0v) is 8.38. The van der Waals surface area contributed by atoms with Crippen molar-refractivity contribution in [3.63, 3.8) is 0 Å². The molecule has 1 aliphatic rings. The van der Waals surface area contributed by atoms with E-state index in [1.165, 1.54) is 0 Å². The van der Waals surface area contributed by atoms with Gasteiger partial charge in [0.15, 0.2) is 0 Å². The van der Waals surface area contributed by atoms with E-state index in [1.807, 2.05) is 11.8 Å². The first kappa shape index (κ1) is 10.2. The van der Waals surface area contributed by atoms with Gasteiger partial charge in [0, 0.05) is 19.0 Å². The molecule has 0 saturated carbocycles. The van der Waals surface area contributed by atoms with Gasteiger partial charge in [-0.2, -0.15) is 0 Å². The lowest BCUT2D eigenvalue weighted by Crippen LogP contribution is -2.38. The Morgan fingerprint density at radius 3 is 2.77 bits per heavy atom. The van der Waals surface area contributed by atoms with Gasteiger partial charge in [-0.05, 0) is 19.8 Å². The number of ketones is 1. The average molecular weight is 183 g/mol. The Bertz CT molecular complexity index is 213. The van der Waals surface area contributed by atoms with E-state index >= 15 is 0 Å². The predicted molar refractivity (Wildman–Crippen MR) is 50.3 cm³/mol. The van der Waals surface area contributed by atoms with E-state index < -0.39 is 0 Å². The minimum absolute atomic E-state index is 0.0110. The van der Waals surface area contributed by atoms with Gasteiger partial charge >= 0.3 is 0 Å². The summed E-state index contributed by atoms with van der Waals surface area (Å²) in [6.45, 7) is 4.85. The minimum Gasteiger partial charge on any atom is -0.340 e. The number of rotatable bonds is 2. The second kappa shape index (κ2) is 4.40. The molecule has 0 bridgehead atoms. The second-order valence-electron chi connectivity index (χ2n) is 3.66. The van der Waals surface area contributed by atoms with E-state index in [0.29, 0.717) is 6.42 Å². The summed E-state index contributed by atoms with van der Waals surface area (Å²) in [6.07, 6.45) is 2.47. The van der Waals surface area contributed by atoms with E-state index in [9.17, 15) is 9.59 Å². The fraction of sp³-hybridized carbons (Fsp3) is 0.800. The fourth-order valence-corrected chi connectivity index (χ4v) is 1.62. The van der Waals surface area contributed by atoms with E-state index in [2.05, 4.69) is 6.92 Å². The van der Waals surface area contributed by atoms with Crippen molar-refractivity contribution >= 4 is 11.7 Å². The van der Waals surface area contributed by atoms with Gasteiger partial charge in [-0.15, -0.1) is 0 Å². The average Bonchev–Trinajstić information content (AvgIpc) is 2.25. The topological polar surface area (TPSA) is 37.4 Å². The van der Waals surface area contributed by atoms with E-state index in [-0.39, 0.29) is 24.2 Å². The first-order valence-corrected chi connectivity index (χ1v) is 4.96. The Kier molecular flexibility index (Phi) is 3.46. The van der Waals surface area contributed by atoms with Crippen LogP contribution in [0.15, 0.2) is 0 Å². The van der Waals surface area contributed by atoms with Crippen LogP contribution >= 0.6 is 0 Å². The molecule has 0 aromatic carbocycles. The molecular weight excluding hydrogens is 166 g/mol. The highest BCUT2D eigenvalue weighted by atomic mass is 16.2. The number of hydrogen-bond donors (Lipinski definition) is 0. The molecule has 1 unspecified atom stereocenters. The molecule has 0 aromatic rings. The number of hydrogen-bond acceptors (Lipinski definition) is 2. The molecule has 0 spiro atoms. The van der Waals surface area contributed by atoms with Gasteiger partial charge in [0.25, 0.3) is 0 Å². The molecule has 1 fully saturated rings. The maximum Gasteiger partial charge on any atom is 0.230 e. The summed E-state index contributed by atoms with van der Waals surface area (Å²) in [6, 6.07) is 0.276. The molecule has 1 aliphatic heterocycles. The maximum absolute atomic E-state index is 11.5. The van der Waals surface area contributed by atoms with Gasteiger partial charge in [-0.3, -0.25) is 9.59 Å². The second-order valence-corrected chi connectivity index (χ2v) is 3.66. The molecule has 0 aliphatic carbocycles. The maximum atomic E-state index is 11.5. The third-order valence-electron chi connectivity index (χ3n) is 2.65. The lowest BCUT2D eigenvalue weighted by atomic mass is 10.2. The van der Waals surface area contributed by atoms with Crippen molar-refractivity contribution < 1.29 is 9.59 Å². The Hall–Kier alpha value is -0.860. The Morgan fingerprint density at radius 2 is 2.15 bits per heavy atom. The number of carbonyl (C=O) groups excluding carboxylic acids is 2. The summed E-state index contributed by atoms with van der Waals surface area (Å²) in [7, 11) is 0. The predicted octanol–water partition coefficient (Wildman–Crippen LogP) is 1.37. The largest absolute Gasteiger partial charge is 0.340 e. The smallest absolute Gasteiger partial charge is 0.230 e. The molecule has 0 aromatic heterocycles. The number of nitrogens with zero attached hydrogens (tertiary/aromatic N) is 1. The van der Waals surface area contributed by atoms with Gasteiger partial charge in [0.05, 0.1) is 6.42 Å². The molecular formula is C10H17NO2. The van der Waals surface area contributed by atoms with Crippen molar-refractivity contribution in [2.45, 2.75) is 45.6 Å². The Morgan fingerprint density at radius 1 is 1.46 bits per heavy atom. The van der Waals surface area contributed by atoms with E-state index in [0.717, 1.165) is 19.4 Å². The van der Waals surface area contributed by atoms with Gasteiger partial charge in [-0.1, -0.05) is 6.92 Å².